The van der Waals surface area contributed by atoms with Gasteiger partial charge in [-0.3, -0.25) is 28.8 Å². The van der Waals surface area contributed by atoms with Gasteiger partial charge in [-0.2, -0.15) is 0 Å². The van der Waals surface area contributed by atoms with Crippen LogP contribution in [-0.2, 0) is 28.8 Å². The molecule has 0 aromatic heterocycles. The highest BCUT2D eigenvalue weighted by molar-refractivity contribution is 6.31. The fourth-order valence-electron chi connectivity index (χ4n) is 4.56. The monoisotopic (exact) mass is 576 g/mol. The maximum atomic E-state index is 12.3. The predicted octanol–water partition coefficient (Wildman–Crippen LogP) is 4.70. The minimum Gasteiger partial charge on any atom is -0.423 e. The van der Waals surface area contributed by atoms with E-state index in [0.29, 0.717) is 16.2 Å². The second-order valence-electron chi connectivity index (χ2n) is 9.01. The average molecular weight is 577 g/mol. The van der Waals surface area contributed by atoms with E-state index in [9.17, 15) is 28.8 Å². The van der Waals surface area contributed by atoms with Gasteiger partial charge < -0.3 is 28.4 Å². The summed E-state index contributed by atoms with van der Waals surface area (Å²) in [6.07, 6.45) is 0. The van der Waals surface area contributed by atoms with Gasteiger partial charge in [0.05, 0.1) is 0 Å². The minimum absolute atomic E-state index is 0.117. The summed E-state index contributed by atoms with van der Waals surface area (Å²) >= 11 is 0. The second kappa shape index (κ2) is 11.5. The van der Waals surface area contributed by atoms with E-state index in [-0.39, 0.29) is 50.7 Å². The van der Waals surface area contributed by atoms with Gasteiger partial charge in [0.2, 0.25) is 0 Å². The quantitative estimate of drug-likeness (QED) is 0.177. The lowest BCUT2D eigenvalue weighted by Crippen LogP contribution is -2.10. The summed E-state index contributed by atoms with van der Waals surface area (Å²) in [5.41, 5.74) is 0. The molecule has 4 aromatic carbocycles. The number of hydrogen-bond donors (Lipinski definition) is 0. The molecule has 0 bridgehead atoms. The number of esters is 6. The molecule has 0 saturated heterocycles. The number of carbonyl (C=O) groups is 6. The van der Waals surface area contributed by atoms with Crippen molar-refractivity contribution in [2.24, 2.45) is 0 Å². The molecule has 0 amide bonds. The van der Waals surface area contributed by atoms with Crippen molar-refractivity contribution in [1.82, 2.24) is 0 Å². The third kappa shape index (κ3) is 5.82. The van der Waals surface area contributed by atoms with Crippen molar-refractivity contribution in [2.75, 3.05) is 0 Å². The van der Waals surface area contributed by atoms with Crippen molar-refractivity contribution in [3.8, 4) is 34.5 Å². The lowest BCUT2D eigenvalue weighted by molar-refractivity contribution is -0.134. The summed E-state index contributed by atoms with van der Waals surface area (Å²) in [7, 11) is 0. The first-order chi connectivity index (χ1) is 19.8. The van der Waals surface area contributed by atoms with Crippen molar-refractivity contribution in [3.63, 3.8) is 0 Å². The molecular formula is C30H24O12. The van der Waals surface area contributed by atoms with Crippen molar-refractivity contribution < 1.29 is 57.2 Å². The predicted molar refractivity (Wildman–Crippen MR) is 147 cm³/mol. The topological polar surface area (TPSA) is 158 Å². The Morgan fingerprint density at radius 3 is 0.762 bits per heavy atom. The highest BCUT2D eigenvalue weighted by atomic mass is 16.6. The SMILES string of the molecule is CC(=O)Oc1ccc2c(c1OC(C)=O)c1ccc(OC(C)=O)c(OC(C)=O)c1c1ccc(OC(C)=O)c(OC(C)=O)c21. The molecular weight excluding hydrogens is 552 g/mol. The fourth-order valence-corrected chi connectivity index (χ4v) is 4.56. The first kappa shape index (κ1) is 29.5. The van der Waals surface area contributed by atoms with Gasteiger partial charge in [0.1, 0.15) is 0 Å². The van der Waals surface area contributed by atoms with E-state index >= 15 is 0 Å². The molecule has 0 fully saturated rings. The van der Waals surface area contributed by atoms with Crippen molar-refractivity contribution >= 4 is 68.1 Å². The number of carbonyl (C=O) groups excluding carboxylic acids is 6. The van der Waals surface area contributed by atoms with Crippen LogP contribution in [-0.4, -0.2) is 35.8 Å². The van der Waals surface area contributed by atoms with E-state index in [0.717, 1.165) is 41.5 Å². The average Bonchev–Trinajstić information content (AvgIpc) is 2.85. The summed E-state index contributed by atoms with van der Waals surface area (Å²) in [5.74, 6) is -5.26. The van der Waals surface area contributed by atoms with E-state index in [2.05, 4.69) is 0 Å². The molecule has 0 radical (unpaired) electrons. The van der Waals surface area contributed by atoms with Crippen LogP contribution in [0.1, 0.15) is 41.5 Å². The standard InChI is InChI=1S/C30H24O12/c1-13(31)37-22-10-7-19-25(28(22)40-16(4)34)20-8-11-23(38-14(2)32)30(42-18(6)36)27(20)21-9-12-24(39-15(3)33)29(26(19)21)41-17(5)35/h7-12H,1-6H3. The van der Waals surface area contributed by atoms with Gasteiger partial charge in [0, 0.05) is 57.7 Å². The largest absolute Gasteiger partial charge is 0.423 e. The van der Waals surface area contributed by atoms with Crippen molar-refractivity contribution in [1.29, 1.82) is 0 Å². The Kier molecular flexibility index (Phi) is 8.09. The highest BCUT2D eigenvalue weighted by Gasteiger charge is 2.27. The summed E-state index contributed by atoms with van der Waals surface area (Å²) in [4.78, 5) is 72.6. The molecule has 216 valence electrons. The molecule has 0 N–H and O–H groups in total. The van der Waals surface area contributed by atoms with Crippen LogP contribution in [0.15, 0.2) is 36.4 Å². The lowest BCUT2D eigenvalue weighted by atomic mass is 9.92. The molecule has 12 nitrogen and oxygen atoms in total. The van der Waals surface area contributed by atoms with Gasteiger partial charge in [-0.25, -0.2) is 0 Å². The lowest BCUT2D eigenvalue weighted by Gasteiger charge is -2.20. The van der Waals surface area contributed by atoms with Gasteiger partial charge >= 0.3 is 35.8 Å². The molecule has 0 aliphatic rings. The van der Waals surface area contributed by atoms with E-state index in [1.807, 2.05) is 0 Å². The first-order valence-corrected chi connectivity index (χ1v) is 12.4. The molecule has 0 atom stereocenters. The molecule has 0 unspecified atom stereocenters. The third-order valence-corrected chi connectivity index (χ3v) is 5.67. The van der Waals surface area contributed by atoms with Crippen LogP contribution in [0.5, 0.6) is 34.5 Å². The van der Waals surface area contributed by atoms with Gasteiger partial charge in [0.25, 0.3) is 0 Å². The molecule has 4 aromatic rings. The zero-order chi connectivity index (χ0) is 30.9. The molecule has 42 heavy (non-hydrogen) atoms. The smallest absolute Gasteiger partial charge is 0.308 e. The highest BCUT2D eigenvalue weighted by Crippen LogP contribution is 2.52. The molecule has 12 heteroatoms. The maximum absolute atomic E-state index is 12.3. The van der Waals surface area contributed by atoms with Crippen molar-refractivity contribution in [2.45, 2.75) is 41.5 Å². The summed E-state index contributed by atoms with van der Waals surface area (Å²) in [6, 6.07) is 8.71. The Morgan fingerprint density at radius 1 is 0.357 bits per heavy atom. The van der Waals surface area contributed by atoms with E-state index in [1.54, 1.807) is 0 Å². The zero-order valence-electron chi connectivity index (χ0n) is 23.4. The van der Waals surface area contributed by atoms with Gasteiger partial charge in [-0.1, -0.05) is 0 Å². The number of hydrogen-bond acceptors (Lipinski definition) is 12. The van der Waals surface area contributed by atoms with Gasteiger partial charge in [0.15, 0.2) is 34.5 Å². The summed E-state index contributed by atoms with van der Waals surface area (Å²) < 4.78 is 32.6. The Balaban J connectivity index is 2.40. The number of benzene rings is 4. The Hall–Kier alpha value is -5.52. The van der Waals surface area contributed by atoms with E-state index in [4.69, 9.17) is 28.4 Å². The van der Waals surface area contributed by atoms with Crippen molar-refractivity contribution in [3.05, 3.63) is 36.4 Å². The van der Waals surface area contributed by atoms with Crippen LogP contribution in [0.4, 0.5) is 0 Å². The van der Waals surface area contributed by atoms with Gasteiger partial charge in [-0.05, 0) is 52.6 Å². The van der Waals surface area contributed by atoms with Gasteiger partial charge in [-0.15, -0.1) is 0 Å². The zero-order valence-corrected chi connectivity index (χ0v) is 23.4. The number of ether oxygens (including phenoxy) is 6. The molecule has 0 aliphatic heterocycles. The first-order valence-electron chi connectivity index (χ1n) is 12.4. The maximum Gasteiger partial charge on any atom is 0.308 e. The summed E-state index contributed by atoms with van der Waals surface area (Å²) in [5, 5.41) is 1.43. The fraction of sp³-hybridized carbons (Fsp3) is 0.200. The van der Waals surface area contributed by atoms with Crippen LogP contribution in [0.3, 0.4) is 0 Å². The van der Waals surface area contributed by atoms with E-state index in [1.165, 1.54) is 36.4 Å². The summed E-state index contributed by atoms with van der Waals surface area (Å²) in [6.45, 7) is 6.92. The molecule has 0 aliphatic carbocycles. The third-order valence-electron chi connectivity index (χ3n) is 5.67. The Morgan fingerprint density at radius 2 is 0.571 bits per heavy atom. The van der Waals surface area contributed by atoms with E-state index < -0.39 is 35.8 Å². The number of rotatable bonds is 6. The Bertz CT molecular complexity index is 1610. The minimum atomic E-state index is -0.755. The van der Waals surface area contributed by atoms with Crippen LogP contribution in [0.25, 0.3) is 32.3 Å². The Labute approximate surface area is 238 Å². The van der Waals surface area contributed by atoms with Crippen LogP contribution < -0.4 is 28.4 Å². The molecule has 4 rings (SSSR count). The molecule has 0 heterocycles. The van der Waals surface area contributed by atoms with Crippen LogP contribution in [0, 0.1) is 0 Å². The normalized spacial score (nSPS) is 10.7. The van der Waals surface area contributed by atoms with Crippen LogP contribution >= 0.6 is 0 Å². The van der Waals surface area contributed by atoms with Crippen LogP contribution in [0.2, 0.25) is 0 Å². The molecule has 0 spiro atoms. The second-order valence-corrected chi connectivity index (χ2v) is 9.01. The molecule has 0 saturated carbocycles. The number of fused-ring (bicyclic) bond motifs is 6.